The molecule has 0 spiro atoms. The van der Waals surface area contributed by atoms with Crippen LogP contribution in [0.4, 0.5) is 0 Å². The summed E-state index contributed by atoms with van der Waals surface area (Å²) in [5.74, 6) is -1.05. The SMILES string of the molecule is O=C(O)C1(n2[nH]c(=O)ccc2=O)CCCCC1. The Morgan fingerprint density at radius 1 is 1.24 bits per heavy atom. The number of nitrogens with zero attached hydrogens (tertiary/aromatic N) is 1. The summed E-state index contributed by atoms with van der Waals surface area (Å²) in [6, 6.07) is 2.22. The van der Waals surface area contributed by atoms with Crippen molar-refractivity contribution in [2.75, 3.05) is 0 Å². The molecule has 1 aromatic rings. The largest absolute Gasteiger partial charge is 0.479 e. The van der Waals surface area contributed by atoms with Crippen LogP contribution in [0.25, 0.3) is 0 Å². The van der Waals surface area contributed by atoms with Crippen LogP contribution in [-0.4, -0.2) is 20.9 Å². The minimum Gasteiger partial charge on any atom is -0.479 e. The molecular weight excluding hydrogens is 224 g/mol. The van der Waals surface area contributed by atoms with Gasteiger partial charge in [0.25, 0.3) is 11.1 Å². The number of nitrogens with one attached hydrogen (secondary N) is 1. The molecule has 17 heavy (non-hydrogen) atoms. The summed E-state index contributed by atoms with van der Waals surface area (Å²) in [4.78, 5) is 34.4. The minimum atomic E-state index is -1.28. The van der Waals surface area contributed by atoms with Crippen molar-refractivity contribution in [3.05, 3.63) is 32.8 Å². The Morgan fingerprint density at radius 2 is 1.88 bits per heavy atom. The first-order chi connectivity index (χ1) is 8.06. The van der Waals surface area contributed by atoms with Crippen LogP contribution in [0.3, 0.4) is 0 Å². The summed E-state index contributed by atoms with van der Waals surface area (Å²) in [5, 5.41) is 11.7. The Kier molecular flexibility index (Phi) is 2.87. The molecule has 1 aromatic heterocycles. The zero-order valence-electron chi connectivity index (χ0n) is 9.31. The fraction of sp³-hybridized carbons (Fsp3) is 0.545. The normalized spacial score (nSPS) is 18.8. The summed E-state index contributed by atoms with van der Waals surface area (Å²) in [5.41, 5.74) is -2.22. The van der Waals surface area contributed by atoms with Gasteiger partial charge in [0.1, 0.15) is 0 Å². The number of aliphatic carboxylic acids is 1. The zero-order valence-corrected chi connectivity index (χ0v) is 9.31. The van der Waals surface area contributed by atoms with E-state index in [0.29, 0.717) is 12.8 Å². The summed E-state index contributed by atoms with van der Waals surface area (Å²) in [6.45, 7) is 0. The van der Waals surface area contributed by atoms with E-state index in [2.05, 4.69) is 5.10 Å². The fourth-order valence-corrected chi connectivity index (χ4v) is 2.41. The molecular formula is C11H14N2O4. The summed E-state index contributed by atoms with van der Waals surface area (Å²) in [7, 11) is 0. The molecule has 0 unspecified atom stereocenters. The van der Waals surface area contributed by atoms with Crippen molar-refractivity contribution in [3.63, 3.8) is 0 Å². The van der Waals surface area contributed by atoms with Crippen LogP contribution >= 0.6 is 0 Å². The van der Waals surface area contributed by atoms with Crippen LogP contribution in [0.1, 0.15) is 32.1 Å². The molecule has 1 aliphatic rings. The van der Waals surface area contributed by atoms with E-state index in [1.165, 1.54) is 0 Å². The second kappa shape index (κ2) is 4.20. The van der Waals surface area contributed by atoms with Gasteiger partial charge in [0.05, 0.1) is 0 Å². The summed E-state index contributed by atoms with van der Waals surface area (Å²) in [6.07, 6.45) is 3.20. The van der Waals surface area contributed by atoms with Crippen LogP contribution in [0.5, 0.6) is 0 Å². The number of H-pyrrole nitrogens is 1. The predicted molar refractivity (Wildman–Crippen MR) is 60.0 cm³/mol. The van der Waals surface area contributed by atoms with E-state index in [0.717, 1.165) is 36.1 Å². The second-order valence-electron chi connectivity index (χ2n) is 4.38. The Labute approximate surface area is 96.9 Å². The molecule has 2 N–H and O–H groups in total. The van der Waals surface area contributed by atoms with Crippen LogP contribution < -0.4 is 11.1 Å². The first kappa shape index (κ1) is 11.6. The Balaban J connectivity index is 2.60. The Hall–Kier alpha value is -1.85. The summed E-state index contributed by atoms with van der Waals surface area (Å²) < 4.78 is 0.983. The average Bonchev–Trinajstić information content (AvgIpc) is 2.33. The number of hydrogen-bond donors (Lipinski definition) is 2. The van der Waals surface area contributed by atoms with Gasteiger partial charge in [0, 0.05) is 12.1 Å². The molecule has 2 rings (SSSR count). The molecule has 1 fully saturated rings. The molecule has 1 aliphatic carbocycles. The number of hydrogen-bond acceptors (Lipinski definition) is 3. The van der Waals surface area contributed by atoms with Gasteiger partial charge < -0.3 is 5.11 Å². The smallest absolute Gasteiger partial charge is 0.331 e. The van der Waals surface area contributed by atoms with Gasteiger partial charge >= 0.3 is 5.97 Å². The van der Waals surface area contributed by atoms with Gasteiger partial charge in [-0.25, -0.2) is 9.48 Å². The highest BCUT2D eigenvalue weighted by Gasteiger charge is 2.42. The maximum Gasteiger partial charge on any atom is 0.331 e. The maximum atomic E-state index is 11.7. The molecule has 0 bridgehead atoms. The van der Waals surface area contributed by atoms with Gasteiger partial charge in [0.15, 0.2) is 5.54 Å². The molecule has 0 aliphatic heterocycles. The lowest BCUT2D eigenvalue weighted by atomic mass is 9.82. The highest BCUT2D eigenvalue weighted by Crippen LogP contribution is 2.33. The number of carboxylic acid groups (broad SMARTS) is 1. The van der Waals surface area contributed by atoms with Crippen molar-refractivity contribution >= 4 is 5.97 Å². The third-order valence-corrected chi connectivity index (χ3v) is 3.33. The molecule has 6 heteroatoms. The molecule has 0 atom stereocenters. The third kappa shape index (κ3) is 1.90. The first-order valence-electron chi connectivity index (χ1n) is 5.62. The second-order valence-corrected chi connectivity index (χ2v) is 4.38. The van der Waals surface area contributed by atoms with Crippen LogP contribution in [0.15, 0.2) is 21.7 Å². The predicted octanol–water partition coefficient (Wildman–Crippen LogP) is 0.281. The number of carboxylic acids is 1. The topological polar surface area (TPSA) is 92.2 Å². The van der Waals surface area contributed by atoms with Crippen LogP contribution in [0.2, 0.25) is 0 Å². The van der Waals surface area contributed by atoms with E-state index in [1.807, 2.05) is 0 Å². The molecule has 0 radical (unpaired) electrons. The van der Waals surface area contributed by atoms with Crippen molar-refractivity contribution in [2.24, 2.45) is 0 Å². The third-order valence-electron chi connectivity index (χ3n) is 3.33. The molecule has 0 saturated heterocycles. The van der Waals surface area contributed by atoms with Gasteiger partial charge in [0.2, 0.25) is 0 Å². The lowest BCUT2D eigenvalue weighted by molar-refractivity contribution is -0.150. The number of rotatable bonds is 2. The molecule has 1 heterocycles. The highest BCUT2D eigenvalue weighted by atomic mass is 16.4. The lowest BCUT2D eigenvalue weighted by Crippen LogP contribution is -2.51. The van der Waals surface area contributed by atoms with Crippen molar-refractivity contribution in [1.29, 1.82) is 0 Å². The Morgan fingerprint density at radius 3 is 2.47 bits per heavy atom. The van der Waals surface area contributed by atoms with E-state index < -0.39 is 22.6 Å². The lowest BCUT2D eigenvalue weighted by Gasteiger charge is -2.33. The van der Waals surface area contributed by atoms with Gasteiger partial charge in [-0.1, -0.05) is 19.3 Å². The van der Waals surface area contributed by atoms with E-state index in [9.17, 15) is 19.5 Å². The minimum absolute atomic E-state index is 0.377. The highest BCUT2D eigenvalue weighted by molar-refractivity contribution is 5.76. The average molecular weight is 238 g/mol. The quantitative estimate of drug-likeness (QED) is 0.774. The number of aromatic nitrogens is 2. The van der Waals surface area contributed by atoms with Crippen molar-refractivity contribution < 1.29 is 9.90 Å². The van der Waals surface area contributed by atoms with Gasteiger partial charge in [-0.15, -0.1) is 0 Å². The standard InChI is InChI=1S/C11H14N2O4/c14-8-4-5-9(15)13(12-8)11(10(16)17)6-2-1-3-7-11/h4-5H,1-3,6-7H2,(H,12,14)(H,16,17). The van der Waals surface area contributed by atoms with Crippen molar-refractivity contribution in [1.82, 2.24) is 9.78 Å². The van der Waals surface area contributed by atoms with Crippen molar-refractivity contribution in [2.45, 2.75) is 37.6 Å². The zero-order chi connectivity index (χ0) is 12.5. The van der Waals surface area contributed by atoms with Gasteiger partial charge in [-0.05, 0) is 12.8 Å². The van der Waals surface area contributed by atoms with Crippen molar-refractivity contribution in [3.8, 4) is 0 Å². The van der Waals surface area contributed by atoms with Gasteiger partial charge in [-0.2, -0.15) is 0 Å². The van der Waals surface area contributed by atoms with Crippen LogP contribution in [0, 0.1) is 0 Å². The maximum absolute atomic E-state index is 11.7. The van der Waals surface area contributed by atoms with E-state index in [-0.39, 0.29) is 0 Å². The molecule has 92 valence electrons. The first-order valence-corrected chi connectivity index (χ1v) is 5.62. The number of carbonyl (C=O) groups is 1. The summed E-state index contributed by atoms with van der Waals surface area (Å²) >= 11 is 0. The molecule has 6 nitrogen and oxygen atoms in total. The van der Waals surface area contributed by atoms with E-state index >= 15 is 0 Å². The Bertz CT molecular complexity index is 537. The monoisotopic (exact) mass is 238 g/mol. The number of aromatic amines is 1. The molecule has 1 saturated carbocycles. The van der Waals surface area contributed by atoms with E-state index in [1.54, 1.807) is 0 Å². The molecule has 0 amide bonds. The van der Waals surface area contributed by atoms with Gasteiger partial charge in [-0.3, -0.25) is 14.7 Å². The van der Waals surface area contributed by atoms with Crippen LogP contribution in [-0.2, 0) is 10.3 Å². The fourth-order valence-electron chi connectivity index (χ4n) is 2.41. The van der Waals surface area contributed by atoms with E-state index in [4.69, 9.17) is 0 Å². The molecule has 0 aromatic carbocycles.